The largest absolute Gasteiger partial charge is 0.494 e. The smallest absolute Gasteiger partial charge is 0.338 e. The minimum atomic E-state index is -3.15. The standard InChI is InChI=1S/C26H28F2N4O3/c1-7-18-10-9-16-12-20(32(23(16)29-18)14-26(27,28)8-2)24-30-19-11-17(25(33)35-15(3)4)13-21(34-6)22(19)31(24)5/h8-13,15H,2,7,14H2,1,3-6H3. The van der Waals surface area contributed by atoms with Crippen molar-refractivity contribution in [1.82, 2.24) is 19.1 Å². The number of nitrogens with zero attached hydrogens (tertiary/aromatic N) is 4. The zero-order chi connectivity index (χ0) is 25.5. The van der Waals surface area contributed by atoms with Gasteiger partial charge in [-0.3, -0.25) is 0 Å². The lowest BCUT2D eigenvalue weighted by Crippen LogP contribution is -2.22. The second kappa shape index (κ2) is 9.13. The molecule has 1 aromatic carbocycles. The Labute approximate surface area is 202 Å². The van der Waals surface area contributed by atoms with E-state index in [-0.39, 0.29) is 6.10 Å². The lowest BCUT2D eigenvalue weighted by molar-refractivity contribution is 0.0370. The molecule has 35 heavy (non-hydrogen) atoms. The molecule has 3 aromatic heterocycles. The fourth-order valence-corrected chi connectivity index (χ4v) is 4.08. The molecule has 4 aromatic rings. The first-order valence-electron chi connectivity index (χ1n) is 11.3. The monoisotopic (exact) mass is 482 g/mol. The van der Waals surface area contributed by atoms with Crippen LogP contribution in [0.25, 0.3) is 33.6 Å². The summed E-state index contributed by atoms with van der Waals surface area (Å²) in [6.07, 6.45) is 1.02. The molecular weight excluding hydrogens is 454 g/mol. The Morgan fingerprint density at radius 2 is 1.97 bits per heavy atom. The molecule has 0 saturated heterocycles. The number of aryl methyl sites for hydroxylation is 2. The molecule has 4 rings (SSSR count). The van der Waals surface area contributed by atoms with Crippen LogP contribution < -0.4 is 4.74 Å². The van der Waals surface area contributed by atoms with Crippen molar-refractivity contribution < 1.29 is 23.0 Å². The molecule has 0 amide bonds. The number of esters is 1. The molecule has 9 heteroatoms. The van der Waals surface area contributed by atoms with Gasteiger partial charge >= 0.3 is 5.97 Å². The molecule has 3 heterocycles. The number of imidazole rings is 1. The SMILES string of the molecule is C=CC(F)(F)Cn1c(-c2nc3cc(C(=O)OC(C)C)cc(OC)c3n2C)cc2ccc(CC)nc21. The number of hydrogen-bond acceptors (Lipinski definition) is 5. The second-order valence-electron chi connectivity index (χ2n) is 8.64. The van der Waals surface area contributed by atoms with Crippen LogP contribution >= 0.6 is 0 Å². The van der Waals surface area contributed by atoms with E-state index in [0.29, 0.717) is 52.0 Å². The number of fused-ring (bicyclic) bond motifs is 2. The normalized spacial score (nSPS) is 12.0. The number of pyridine rings is 1. The van der Waals surface area contributed by atoms with Crippen LogP contribution in [0.15, 0.2) is 43.0 Å². The first-order chi connectivity index (χ1) is 16.6. The van der Waals surface area contributed by atoms with Gasteiger partial charge in [0, 0.05) is 18.1 Å². The molecule has 0 aliphatic rings. The molecule has 0 unspecified atom stereocenters. The molecule has 184 valence electrons. The minimum Gasteiger partial charge on any atom is -0.494 e. The molecule has 0 radical (unpaired) electrons. The molecule has 0 fully saturated rings. The zero-order valence-electron chi connectivity index (χ0n) is 20.4. The lowest BCUT2D eigenvalue weighted by atomic mass is 10.2. The van der Waals surface area contributed by atoms with E-state index in [2.05, 4.69) is 11.6 Å². The third-order valence-corrected chi connectivity index (χ3v) is 5.79. The number of carbonyl (C=O) groups excluding carboxylic acids is 1. The van der Waals surface area contributed by atoms with Gasteiger partial charge in [-0.1, -0.05) is 13.5 Å². The molecule has 7 nitrogen and oxygen atoms in total. The van der Waals surface area contributed by atoms with Crippen molar-refractivity contribution in [1.29, 1.82) is 0 Å². The van der Waals surface area contributed by atoms with Crippen molar-refractivity contribution in [2.75, 3.05) is 7.11 Å². The summed E-state index contributed by atoms with van der Waals surface area (Å²) < 4.78 is 43.2. The lowest BCUT2D eigenvalue weighted by Gasteiger charge is -2.16. The van der Waals surface area contributed by atoms with E-state index < -0.39 is 18.4 Å². The summed E-state index contributed by atoms with van der Waals surface area (Å²) in [7, 11) is 3.27. The van der Waals surface area contributed by atoms with Crippen molar-refractivity contribution in [2.24, 2.45) is 7.05 Å². The van der Waals surface area contributed by atoms with Crippen molar-refractivity contribution in [3.8, 4) is 17.3 Å². The fraction of sp³-hybridized carbons (Fsp3) is 0.346. The summed E-state index contributed by atoms with van der Waals surface area (Å²) in [5.41, 5.74) is 3.10. The third kappa shape index (κ3) is 4.50. The average molecular weight is 483 g/mol. The predicted molar refractivity (Wildman–Crippen MR) is 131 cm³/mol. The first kappa shape index (κ1) is 24.4. The number of aromatic nitrogens is 4. The fourth-order valence-electron chi connectivity index (χ4n) is 4.08. The van der Waals surface area contributed by atoms with E-state index in [4.69, 9.17) is 14.5 Å². The number of alkyl halides is 2. The van der Waals surface area contributed by atoms with Crippen molar-refractivity contribution >= 4 is 28.0 Å². The molecule has 0 aliphatic carbocycles. The molecule has 0 saturated carbocycles. The van der Waals surface area contributed by atoms with Crippen LogP contribution in [0, 0.1) is 0 Å². The van der Waals surface area contributed by atoms with Gasteiger partial charge in [-0.2, -0.15) is 0 Å². The maximum absolute atomic E-state index is 14.5. The Bertz CT molecular complexity index is 1440. The van der Waals surface area contributed by atoms with Crippen molar-refractivity contribution in [3.05, 3.63) is 54.2 Å². The van der Waals surface area contributed by atoms with Gasteiger partial charge in [-0.05, 0) is 56.7 Å². The first-order valence-corrected chi connectivity index (χ1v) is 11.3. The van der Waals surface area contributed by atoms with Crippen LogP contribution in [0.5, 0.6) is 5.75 Å². The zero-order valence-corrected chi connectivity index (χ0v) is 20.4. The third-order valence-electron chi connectivity index (χ3n) is 5.79. The number of rotatable bonds is 8. The summed E-state index contributed by atoms with van der Waals surface area (Å²) in [6.45, 7) is 8.14. The van der Waals surface area contributed by atoms with Gasteiger partial charge in [0.25, 0.3) is 5.92 Å². The van der Waals surface area contributed by atoms with Crippen LogP contribution in [0.1, 0.15) is 36.8 Å². The number of carbonyl (C=O) groups is 1. The Morgan fingerprint density at radius 3 is 2.60 bits per heavy atom. The van der Waals surface area contributed by atoms with Crippen LogP contribution in [0.3, 0.4) is 0 Å². The van der Waals surface area contributed by atoms with E-state index in [9.17, 15) is 13.6 Å². The van der Waals surface area contributed by atoms with E-state index in [1.807, 2.05) is 19.1 Å². The summed E-state index contributed by atoms with van der Waals surface area (Å²) in [5.74, 6) is -2.79. The molecule has 0 aliphatic heterocycles. The summed E-state index contributed by atoms with van der Waals surface area (Å²) in [6, 6.07) is 8.76. The Balaban J connectivity index is 1.96. The average Bonchev–Trinajstić information content (AvgIpc) is 3.34. The number of ether oxygens (including phenoxy) is 2. The Hall–Kier alpha value is -3.75. The van der Waals surface area contributed by atoms with Crippen LogP contribution in [0.2, 0.25) is 0 Å². The van der Waals surface area contributed by atoms with E-state index in [0.717, 1.165) is 11.1 Å². The van der Waals surface area contributed by atoms with E-state index in [1.54, 1.807) is 43.7 Å². The quantitative estimate of drug-likeness (QED) is 0.243. The Morgan fingerprint density at radius 1 is 1.23 bits per heavy atom. The maximum atomic E-state index is 14.5. The minimum absolute atomic E-state index is 0.286. The highest BCUT2D eigenvalue weighted by atomic mass is 19.3. The van der Waals surface area contributed by atoms with Crippen molar-refractivity contribution in [3.63, 3.8) is 0 Å². The number of benzene rings is 1. The van der Waals surface area contributed by atoms with Crippen molar-refractivity contribution in [2.45, 2.75) is 45.8 Å². The van der Waals surface area contributed by atoms with Gasteiger partial charge in [0.1, 0.15) is 16.9 Å². The molecule has 0 atom stereocenters. The van der Waals surface area contributed by atoms with Gasteiger partial charge in [-0.25, -0.2) is 23.5 Å². The molecule has 0 bridgehead atoms. The highest BCUT2D eigenvalue weighted by Crippen LogP contribution is 2.35. The maximum Gasteiger partial charge on any atom is 0.338 e. The molecule has 0 spiro atoms. The second-order valence-corrected chi connectivity index (χ2v) is 8.64. The van der Waals surface area contributed by atoms with Gasteiger partial charge in [-0.15, -0.1) is 0 Å². The predicted octanol–water partition coefficient (Wildman–Crippen LogP) is 5.55. The van der Waals surface area contributed by atoms with Gasteiger partial charge < -0.3 is 18.6 Å². The number of allylic oxidation sites excluding steroid dienone is 1. The summed E-state index contributed by atoms with van der Waals surface area (Å²) >= 11 is 0. The van der Waals surface area contributed by atoms with E-state index in [1.165, 1.54) is 11.7 Å². The topological polar surface area (TPSA) is 71.2 Å². The van der Waals surface area contributed by atoms with Crippen LogP contribution in [-0.4, -0.2) is 44.2 Å². The highest BCUT2D eigenvalue weighted by Gasteiger charge is 2.29. The van der Waals surface area contributed by atoms with Gasteiger partial charge in [0.05, 0.1) is 36.5 Å². The van der Waals surface area contributed by atoms with E-state index >= 15 is 0 Å². The summed E-state index contributed by atoms with van der Waals surface area (Å²) in [4.78, 5) is 21.9. The number of halogens is 2. The van der Waals surface area contributed by atoms with Crippen LogP contribution in [0.4, 0.5) is 8.78 Å². The van der Waals surface area contributed by atoms with Gasteiger partial charge in [0.15, 0.2) is 5.82 Å². The molecular formula is C26H28F2N4O3. The summed E-state index contributed by atoms with van der Waals surface area (Å²) in [5, 5.41) is 0.720. The van der Waals surface area contributed by atoms with Gasteiger partial charge in [0.2, 0.25) is 0 Å². The number of methoxy groups -OCH3 is 1. The highest BCUT2D eigenvalue weighted by molar-refractivity contribution is 5.97. The molecule has 0 N–H and O–H groups in total. The Kier molecular flexibility index (Phi) is 6.36. The number of hydrogen-bond donors (Lipinski definition) is 0. The van der Waals surface area contributed by atoms with Crippen LogP contribution in [-0.2, 0) is 24.8 Å².